The van der Waals surface area contributed by atoms with E-state index in [2.05, 4.69) is 29.0 Å². The van der Waals surface area contributed by atoms with Crippen LogP contribution in [0.2, 0.25) is 0 Å². The quantitative estimate of drug-likeness (QED) is 0.751. The van der Waals surface area contributed by atoms with Gasteiger partial charge in [-0.05, 0) is 44.1 Å². The molecule has 2 aromatic rings. The molecule has 0 spiro atoms. The third kappa shape index (κ3) is 4.90. The van der Waals surface area contributed by atoms with Crippen LogP contribution in [0.3, 0.4) is 0 Å². The zero-order chi connectivity index (χ0) is 19.2. The fourth-order valence-electron chi connectivity index (χ4n) is 3.54. The van der Waals surface area contributed by atoms with Crippen molar-refractivity contribution in [2.75, 3.05) is 51.3 Å². The maximum atomic E-state index is 12.6. The molecule has 1 atom stereocenters. The van der Waals surface area contributed by atoms with Gasteiger partial charge < -0.3 is 19.9 Å². The lowest BCUT2D eigenvalue weighted by molar-refractivity contribution is -0.125. The molecule has 6 nitrogen and oxygen atoms in total. The van der Waals surface area contributed by atoms with Crippen molar-refractivity contribution in [2.45, 2.75) is 26.7 Å². The SMILES string of the molecule is CCN(CC)CCNC(=O)C1CCCN(c2nc3ccc(OC)cc3s2)C1. The molecule has 1 N–H and O–H groups in total. The molecule has 1 fully saturated rings. The van der Waals surface area contributed by atoms with Crippen LogP contribution in [0.5, 0.6) is 5.75 Å². The Morgan fingerprint density at radius 2 is 2.22 bits per heavy atom. The molecule has 3 rings (SSSR count). The van der Waals surface area contributed by atoms with Gasteiger partial charge in [0, 0.05) is 26.2 Å². The van der Waals surface area contributed by atoms with E-state index < -0.39 is 0 Å². The summed E-state index contributed by atoms with van der Waals surface area (Å²) in [4.78, 5) is 21.9. The summed E-state index contributed by atoms with van der Waals surface area (Å²) in [7, 11) is 1.68. The summed E-state index contributed by atoms with van der Waals surface area (Å²) in [6.07, 6.45) is 1.97. The average Bonchev–Trinajstić information content (AvgIpc) is 3.14. The van der Waals surface area contributed by atoms with Gasteiger partial charge in [-0.25, -0.2) is 4.98 Å². The van der Waals surface area contributed by atoms with Gasteiger partial charge in [-0.3, -0.25) is 4.79 Å². The van der Waals surface area contributed by atoms with Crippen LogP contribution in [0.4, 0.5) is 5.13 Å². The minimum absolute atomic E-state index is 0.0389. The molecule has 0 bridgehead atoms. The van der Waals surface area contributed by atoms with Crippen LogP contribution >= 0.6 is 11.3 Å². The topological polar surface area (TPSA) is 57.7 Å². The minimum Gasteiger partial charge on any atom is -0.497 e. The van der Waals surface area contributed by atoms with E-state index in [1.165, 1.54) is 0 Å². The Balaban J connectivity index is 1.59. The normalized spacial score (nSPS) is 17.5. The first-order valence-corrected chi connectivity index (χ1v) is 10.7. The molecular weight excluding hydrogens is 360 g/mol. The number of benzene rings is 1. The van der Waals surface area contributed by atoms with Crippen LogP contribution in [0.25, 0.3) is 10.2 Å². The van der Waals surface area contributed by atoms with Gasteiger partial charge in [0.2, 0.25) is 5.91 Å². The van der Waals surface area contributed by atoms with Gasteiger partial charge in [0.25, 0.3) is 0 Å². The fraction of sp³-hybridized carbons (Fsp3) is 0.600. The first-order chi connectivity index (χ1) is 13.1. The van der Waals surface area contributed by atoms with Crippen LogP contribution in [0, 0.1) is 5.92 Å². The summed E-state index contributed by atoms with van der Waals surface area (Å²) in [6, 6.07) is 5.96. The Hall–Kier alpha value is -1.86. The van der Waals surface area contributed by atoms with E-state index in [9.17, 15) is 4.79 Å². The Bertz CT molecular complexity index is 760. The van der Waals surface area contributed by atoms with Gasteiger partial charge in [0.1, 0.15) is 5.75 Å². The Morgan fingerprint density at radius 1 is 1.41 bits per heavy atom. The van der Waals surface area contributed by atoms with E-state index in [-0.39, 0.29) is 11.8 Å². The second-order valence-electron chi connectivity index (χ2n) is 6.93. The smallest absolute Gasteiger partial charge is 0.224 e. The van der Waals surface area contributed by atoms with E-state index in [1.807, 2.05) is 18.2 Å². The number of aromatic nitrogens is 1. The van der Waals surface area contributed by atoms with Gasteiger partial charge >= 0.3 is 0 Å². The second kappa shape index (κ2) is 9.37. The third-order valence-corrected chi connectivity index (χ3v) is 6.35. The zero-order valence-electron chi connectivity index (χ0n) is 16.5. The number of amides is 1. The van der Waals surface area contributed by atoms with Crippen molar-refractivity contribution < 1.29 is 9.53 Å². The van der Waals surface area contributed by atoms with Gasteiger partial charge in [-0.1, -0.05) is 25.2 Å². The van der Waals surface area contributed by atoms with Crippen molar-refractivity contribution in [3.8, 4) is 5.75 Å². The van der Waals surface area contributed by atoms with Crippen LogP contribution < -0.4 is 15.0 Å². The first kappa shape index (κ1) is 19.9. The summed E-state index contributed by atoms with van der Waals surface area (Å²) in [5.41, 5.74) is 0.988. The lowest BCUT2D eigenvalue weighted by atomic mass is 9.97. The summed E-state index contributed by atoms with van der Waals surface area (Å²) in [5.74, 6) is 1.06. The molecule has 1 aromatic heterocycles. The molecule has 7 heteroatoms. The van der Waals surface area contributed by atoms with Crippen LogP contribution in [0.15, 0.2) is 18.2 Å². The van der Waals surface area contributed by atoms with Crippen molar-refractivity contribution in [1.82, 2.24) is 15.2 Å². The second-order valence-corrected chi connectivity index (χ2v) is 7.94. The number of anilines is 1. The van der Waals surface area contributed by atoms with E-state index >= 15 is 0 Å². The molecule has 1 aliphatic heterocycles. The molecular formula is C20H30N4O2S. The van der Waals surface area contributed by atoms with Crippen LogP contribution in [0.1, 0.15) is 26.7 Å². The number of likely N-dealkylation sites (N-methyl/N-ethyl adjacent to an activating group) is 1. The van der Waals surface area contributed by atoms with Crippen molar-refractivity contribution in [1.29, 1.82) is 0 Å². The number of carbonyl (C=O) groups is 1. The number of thiazole rings is 1. The first-order valence-electron chi connectivity index (χ1n) is 9.84. The molecule has 2 heterocycles. The van der Waals surface area contributed by atoms with E-state index in [0.29, 0.717) is 0 Å². The molecule has 27 heavy (non-hydrogen) atoms. The van der Waals surface area contributed by atoms with Crippen molar-refractivity contribution in [3.05, 3.63) is 18.2 Å². The Labute approximate surface area is 165 Å². The van der Waals surface area contributed by atoms with Crippen LogP contribution in [-0.4, -0.2) is 62.2 Å². The number of hydrogen-bond acceptors (Lipinski definition) is 6. The molecule has 1 unspecified atom stereocenters. The molecule has 1 aromatic carbocycles. The molecule has 148 valence electrons. The highest BCUT2D eigenvalue weighted by atomic mass is 32.1. The van der Waals surface area contributed by atoms with E-state index in [0.717, 1.165) is 73.2 Å². The highest BCUT2D eigenvalue weighted by Gasteiger charge is 2.27. The van der Waals surface area contributed by atoms with Gasteiger partial charge in [-0.15, -0.1) is 0 Å². The minimum atomic E-state index is 0.0389. The zero-order valence-corrected chi connectivity index (χ0v) is 17.3. The fourth-order valence-corrected chi connectivity index (χ4v) is 4.57. The highest BCUT2D eigenvalue weighted by molar-refractivity contribution is 7.22. The maximum absolute atomic E-state index is 12.6. The van der Waals surface area contributed by atoms with Gasteiger partial charge in [-0.2, -0.15) is 0 Å². The third-order valence-electron chi connectivity index (χ3n) is 5.27. The monoisotopic (exact) mass is 390 g/mol. The summed E-state index contributed by atoms with van der Waals surface area (Å²) >= 11 is 1.67. The number of ether oxygens (including phenoxy) is 1. The lowest BCUT2D eigenvalue weighted by Gasteiger charge is -2.32. The molecule has 1 amide bonds. The average molecular weight is 391 g/mol. The van der Waals surface area contributed by atoms with Crippen molar-refractivity contribution in [3.63, 3.8) is 0 Å². The number of nitrogens with one attached hydrogen (secondary N) is 1. The highest BCUT2D eigenvalue weighted by Crippen LogP contribution is 2.33. The summed E-state index contributed by atoms with van der Waals surface area (Å²) < 4.78 is 6.43. The Morgan fingerprint density at radius 3 is 2.96 bits per heavy atom. The number of fused-ring (bicyclic) bond motifs is 1. The molecule has 0 radical (unpaired) electrons. The predicted molar refractivity (Wildman–Crippen MR) is 112 cm³/mol. The van der Waals surface area contributed by atoms with Gasteiger partial charge in [0.05, 0.1) is 23.2 Å². The molecule has 1 aliphatic rings. The predicted octanol–water partition coefficient (Wildman–Crippen LogP) is 2.98. The number of rotatable bonds is 8. The number of piperidine rings is 1. The number of hydrogen-bond donors (Lipinski definition) is 1. The lowest BCUT2D eigenvalue weighted by Crippen LogP contribution is -2.44. The standard InChI is InChI=1S/C20H30N4O2S/c1-4-23(5-2)12-10-21-19(25)15-7-6-11-24(14-15)20-22-17-9-8-16(26-3)13-18(17)27-20/h8-9,13,15H,4-7,10-12,14H2,1-3H3,(H,21,25). The summed E-state index contributed by atoms with van der Waals surface area (Å²) in [6.45, 7) is 9.68. The number of methoxy groups -OCH3 is 1. The number of carbonyl (C=O) groups excluding carboxylic acids is 1. The molecule has 0 aliphatic carbocycles. The van der Waals surface area contributed by atoms with Crippen LogP contribution in [-0.2, 0) is 4.79 Å². The van der Waals surface area contributed by atoms with Crippen molar-refractivity contribution in [2.24, 2.45) is 5.92 Å². The van der Waals surface area contributed by atoms with Crippen molar-refractivity contribution >= 4 is 32.6 Å². The largest absolute Gasteiger partial charge is 0.497 e. The molecule has 0 saturated carbocycles. The molecule has 1 saturated heterocycles. The van der Waals surface area contributed by atoms with E-state index in [4.69, 9.17) is 9.72 Å². The Kier molecular flexibility index (Phi) is 6.90. The summed E-state index contributed by atoms with van der Waals surface area (Å²) in [5, 5.41) is 4.12. The number of nitrogens with zero attached hydrogens (tertiary/aromatic N) is 3. The van der Waals surface area contributed by atoms with E-state index in [1.54, 1.807) is 18.4 Å². The van der Waals surface area contributed by atoms with Gasteiger partial charge in [0.15, 0.2) is 5.13 Å². The maximum Gasteiger partial charge on any atom is 0.224 e.